The van der Waals surface area contributed by atoms with E-state index in [9.17, 15) is 9.59 Å². The minimum absolute atomic E-state index is 0.283. The van der Waals surface area contributed by atoms with Gasteiger partial charge in [-0.1, -0.05) is 35.1 Å². The number of hydrogen-bond acceptors (Lipinski definition) is 7. The topological polar surface area (TPSA) is 102 Å². The average Bonchev–Trinajstić information content (AvgIpc) is 3.21. The Hall–Kier alpha value is -3.17. The fourth-order valence-electron chi connectivity index (χ4n) is 2.63. The Kier molecular flexibility index (Phi) is 6.77. The van der Waals surface area contributed by atoms with Gasteiger partial charge in [-0.15, -0.1) is 10.2 Å². The molecule has 162 valence electrons. The third kappa shape index (κ3) is 5.31. The molecule has 1 aromatic heterocycles. The average molecular weight is 461 g/mol. The molecule has 1 heterocycles. The molecule has 0 spiro atoms. The highest BCUT2D eigenvalue weighted by atomic mass is 35.5. The largest absolute Gasteiger partial charge is 0.497 e. The third-order valence-electron chi connectivity index (χ3n) is 4.38. The summed E-state index contributed by atoms with van der Waals surface area (Å²) < 4.78 is 10.4. The zero-order chi connectivity index (χ0) is 22.6. The highest BCUT2D eigenvalue weighted by molar-refractivity contribution is 7.18. The third-order valence-corrected chi connectivity index (χ3v) is 5.52. The van der Waals surface area contributed by atoms with Gasteiger partial charge in [-0.05, 0) is 38.1 Å². The van der Waals surface area contributed by atoms with E-state index in [0.717, 1.165) is 5.56 Å². The summed E-state index contributed by atoms with van der Waals surface area (Å²) in [5, 5.41) is 15.1. The molecule has 10 heteroatoms. The Morgan fingerprint density at radius 3 is 2.39 bits per heavy atom. The number of nitrogens with zero attached hydrogens (tertiary/aromatic N) is 2. The first kappa shape index (κ1) is 22.5. The molecular weight excluding hydrogens is 440 g/mol. The number of carbonyl (C=O) groups excluding carboxylic acids is 2. The van der Waals surface area contributed by atoms with Gasteiger partial charge in [0.15, 0.2) is 0 Å². The molecule has 0 aliphatic carbocycles. The molecule has 0 aliphatic rings. The quantitative estimate of drug-likeness (QED) is 0.552. The minimum atomic E-state index is -1.23. The summed E-state index contributed by atoms with van der Waals surface area (Å²) in [6, 6.07) is 12.0. The number of anilines is 1. The van der Waals surface area contributed by atoms with Gasteiger partial charge in [0.25, 0.3) is 11.8 Å². The Morgan fingerprint density at radius 1 is 1.03 bits per heavy atom. The van der Waals surface area contributed by atoms with Gasteiger partial charge in [0, 0.05) is 16.7 Å². The summed E-state index contributed by atoms with van der Waals surface area (Å²) in [6.45, 7) is 3.19. The first-order valence-corrected chi connectivity index (χ1v) is 10.4. The lowest BCUT2D eigenvalue weighted by atomic mass is 10.0. The van der Waals surface area contributed by atoms with Crippen molar-refractivity contribution in [3.63, 3.8) is 0 Å². The summed E-state index contributed by atoms with van der Waals surface area (Å²) in [7, 11) is 2.98. The van der Waals surface area contributed by atoms with E-state index >= 15 is 0 Å². The lowest BCUT2D eigenvalue weighted by Gasteiger charge is -2.25. The van der Waals surface area contributed by atoms with Gasteiger partial charge in [-0.2, -0.15) is 0 Å². The van der Waals surface area contributed by atoms with Crippen LogP contribution in [-0.2, 0) is 4.79 Å². The first-order chi connectivity index (χ1) is 14.7. The molecule has 2 N–H and O–H groups in total. The number of ether oxygens (including phenoxy) is 2. The molecule has 3 rings (SSSR count). The molecular formula is C21H21ClN4O4S. The summed E-state index contributed by atoms with van der Waals surface area (Å²) in [5.41, 5.74) is -0.111. The fraction of sp³-hybridized carbons (Fsp3) is 0.238. The first-order valence-electron chi connectivity index (χ1n) is 9.19. The lowest BCUT2D eigenvalue weighted by molar-refractivity contribution is -0.120. The molecule has 3 aromatic rings. The zero-order valence-electron chi connectivity index (χ0n) is 17.4. The molecule has 31 heavy (non-hydrogen) atoms. The van der Waals surface area contributed by atoms with Crippen molar-refractivity contribution < 1.29 is 19.1 Å². The molecule has 8 nitrogen and oxygen atoms in total. The maximum absolute atomic E-state index is 12.8. The van der Waals surface area contributed by atoms with E-state index in [4.69, 9.17) is 21.1 Å². The number of aromatic nitrogens is 2. The number of methoxy groups -OCH3 is 2. The van der Waals surface area contributed by atoms with Crippen LogP contribution >= 0.6 is 22.9 Å². The highest BCUT2D eigenvalue weighted by Crippen LogP contribution is 2.28. The molecule has 0 unspecified atom stereocenters. The molecule has 0 bridgehead atoms. The van der Waals surface area contributed by atoms with Gasteiger partial charge in [-0.25, -0.2) is 0 Å². The van der Waals surface area contributed by atoms with Gasteiger partial charge in [0.1, 0.15) is 22.0 Å². The molecule has 0 saturated heterocycles. The van der Waals surface area contributed by atoms with Crippen LogP contribution in [0.15, 0.2) is 42.5 Å². The van der Waals surface area contributed by atoms with Crippen molar-refractivity contribution in [2.24, 2.45) is 0 Å². The van der Waals surface area contributed by atoms with Gasteiger partial charge in [-0.3, -0.25) is 14.9 Å². The Balaban J connectivity index is 1.70. The Bertz CT molecular complexity index is 1100. The summed E-state index contributed by atoms with van der Waals surface area (Å²) in [6.07, 6.45) is 0. The lowest BCUT2D eigenvalue weighted by Crippen LogP contribution is -2.52. The monoisotopic (exact) mass is 460 g/mol. The standard InChI is InChI=1S/C21H21ClN4O4S/c1-21(2,24-17(27)15-10-9-14(29-3)11-16(15)30-4)19(28)23-20-26-25-18(31-20)12-5-7-13(22)8-6-12/h5-11H,1-4H3,(H,24,27)(H,23,26,28). The smallest absolute Gasteiger partial charge is 0.255 e. The van der Waals surface area contributed by atoms with Crippen molar-refractivity contribution in [2.75, 3.05) is 19.5 Å². The van der Waals surface area contributed by atoms with E-state index in [1.54, 1.807) is 44.2 Å². The van der Waals surface area contributed by atoms with E-state index in [1.807, 2.05) is 12.1 Å². The van der Waals surface area contributed by atoms with Crippen LogP contribution in [0, 0.1) is 0 Å². The van der Waals surface area contributed by atoms with Crippen LogP contribution in [-0.4, -0.2) is 41.8 Å². The molecule has 2 amide bonds. The Morgan fingerprint density at radius 2 is 1.74 bits per heavy atom. The van der Waals surface area contributed by atoms with E-state index < -0.39 is 17.4 Å². The van der Waals surface area contributed by atoms with Crippen LogP contribution in [0.25, 0.3) is 10.6 Å². The summed E-state index contributed by atoms with van der Waals surface area (Å²) in [5.74, 6) is -0.00569. The van der Waals surface area contributed by atoms with Crippen LogP contribution < -0.4 is 20.1 Å². The zero-order valence-corrected chi connectivity index (χ0v) is 18.9. The number of benzene rings is 2. The molecule has 0 atom stereocenters. The highest BCUT2D eigenvalue weighted by Gasteiger charge is 2.31. The number of rotatable bonds is 7. The number of halogens is 1. The predicted molar refractivity (Wildman–Crippen MR) is 120 cm³/mol. The summed E-state index contributed by atoms with van der Waals surface area (Å²) >= 11 is 7.12. The molecule has 0 fully saturated rings. The van der Waals surface area contributed by atoms with Crippen molar-refractivity contribution in [1.82, 2.24) is 15.5 Å². The van der Waals surface area contributed by atoms with Crippen LogP contribution in [0.5, 0.6) is 11.5 Å². The van der Waals surface area contributed by atoms with Crippen molar-refractivity contribution >= 4 is 39.9 Å². The number of hydrogen-bond donors (Lipinski definition) is 2. The van der Waals surface area contributed by atoms with Gasteiger partial charge >= 0.3 is 0 Å². The second-order valence-corrected chi connectivity index (χ2v) is 8.43. The van der Waals surface area contributed by atoms with Crippen molar-refractivity contribution in [1.29, 1.82) is 0 Å². The van der Waals surface area contributed by atoms with Crippen LogP contribution in [0.2, 0.25) is 5.02 Å². The predicted octanol–water partition coefficient (Wildman–Crippen LogP) is 4.02. The molecule has 0 aliphatic heterocycles. The summed E-state index contributed by atoms with van der Waals surface area (Å²) in [4.78, 5) is 25.6. The number of nitrogens with one attached hydrogen (secondary N) is 2. The molecule has 2 aromatic carbocycles. The molecule has 0 saturated carbocycles. The van der Waals surface area contributed by atoms with Gasteiger partial charge in [0.05, 0.1) is 19.8 Å². The number of amides is 2. The van der Waals surface area contributed by atoms with Crippen molar-refractivity contribution in [3.8, 4) is 22.1 Å². The van der Waals surface area contributed by atoms with Crippen LogP contribution in [0.3, 0.4) is 0 Å². The maximum atomic E-state index is 12.8. The van der Waals surface area contributed by atoms with Crippen LogP contribution in [0.4, 0.5) is 5.13 Å². The fourth-order valence-corrected chi connectivity index (χ4v) is 3.50. The second-order valence-electron chi connectivity index (χ2n) is 7.02. The van der Waals surface area contributed by atoms with E-state index in [2.05, 4.69) is 20.8 Å². The van der Waals surface area contributed by atoms with Gasteiger partial charge in [0.2, 0.25) is 5.13 Å². The van der Waals surface area contributed by atoms with E-state index in [0.29, 0.717) is 26.7 Å². The maximum Gasteiger partial charge on any atom is 0.255 e. The minimum Gasteiger partial charge on any atom is -0.497 e. The van der Waals surface area contributed by atoms with Crippen molar-refractivity contribution in [2.45, 2.75) is 19.4 Å². The van der Waals surface area contributed by atoms with Gasteiger partial charge < -0.3 is 14.8 Å². The molecule has 0 radical (unpaired) electrons. The SMILES string of the molecule is COc1ccc(C(=O)NC(C)(C)C(=O)Nc2nnc(-c3ccc(Cl)cc3)s2)c(OC)c1. The second kappa shape index (κ2) is 9.32. The van der Waals surface area contributed by atoms with Crippen molar-refractivity contribution in [3.05, 3.63) is 53.1 Å². The van der Waals surface area contributed by atoms with Crippen LogP contribution in [0.1, 0.15) is 24.2 Å². The normalized spacial score (nSPS) is 11.0. The van der Waals surface area contributed by atoms with E-state index in [1.165, 1.54) is 25.6 Å². The van der Waals surface area contributed by atoms with E-state index in [-0.39, 0.29) is 5.56 Å². The Labute approximate surface area is 188 Å². The number of carbonyl (C=O) groups is 2.